The normalized spacial score (nSPS) is 14.8. The summed E-state index contributed by atoms with van der Waals surface area (Å²) >= 11 is 0. The lowest BCUT2D eigenvalue weighted by atomic mass is 9.98. The molecule has 3 rings (SSSR count). The maximum atomic E-state index is 5.16. The van der Waals surface area contributed by atoms with Gasteiger partial charge in [-0.1, -0.05) is 30.3 Å². The van der Waals surface area contributed by atoms with Crippen molar-refractivity contribution in [3.8, 4) is 0 Å². The summed E-state index contributed by atoms with van der Waals surface area (Å²) in [4.78, 5) is 9.45. The van der Waals surface area contributed by atoms with Gasteiger partial charge in [-0.3, -0.25) is 14.8 Å². The van der Waals surface area contributed by atoms with Crippen LogP contribution in [-0.4, -0.2) is 48.6 Å². The highest BCUT2D eigenvalue weighted by Gasteiger charge is 2.20. The molecule has 0 amide bonds. The van der Waals surface area contributed by atoms with Crippen molar-refractivity contribution in [1.29, 1.82) is 0 Å². The summed E-state index contributed by atoms with van der Waals surface area (Å²) in [6, 6.07) is 12.9. The van der Waals surface area contributed by atoms with Crippen LogP contribution in [0.3, 0.4) is 0 Å². The fraction of sp³-hybridized carbons (Fsp3) is 0.450. The number of hydrogen-bond acceptors (Lipinski definition) is 4. The third-order valence-electron chi connectivity index (χ3n) is 4.66. The number of aromatic nitrogens is 1. The van der Waals surface area contributed by atoms with E-state index in [1.165, 1.54) is 22.4 Å². The van der Waals surface area contributed by atoms with E-state index in [1.807, 2.05) is 6.20 Å². The number of fused-ring (bicyclic) bond motifs is 1. The summed E-state index contributed by atoms with van der Waals surface area (Å²) in [5.74, 6) is 0. The zero-order chi connectivity index (χ0) is 16.8. The molecule has 0 atom stereocenters. The summed E-state index contributed by atoms with van der Waals surface area (Å²) in [6.45, 7) is 5.72. The van der Waals surface area contributed by atoms with Gasteiger partial charge in [0.25, 0.3) is 0 Å². The van der Waals surface area contributed by atoms with Gasteiger partial charge in [-0.25, -0.2) is 0 Å². The van der Waals surface area contributed by atoms with E-state index in [2.05, 4.69) is 58.2 Å². The second kappa shape index (κ2) is 8.38. The molecule has 0 unspecified atom stereocenters. The van der Waals surface area contributed by atoms with Crippen LogP contribution in [0.4, 0.5) is 0 Å². The first kappa shape index (κ1) is 17.1. The van der Waals surface area contributed by atoms with Crippen LogP contribution in [0.2, 0.25) is 0 Å². The molecule has 0 aliphatic carbocycles. The van der Waals surface area contributed by atoms with Gasteiger partial charge in [0.1, 0.15) is 0 Å². The average molecular weight is 325 g/mol. The molecule has 0 fully saturated rings. The Bertz CT molecular complexity index is 645. The largest absolute Gasteiger partial charge is 0.383 e. The van der Waals surface area contributed by atoms with Gasteiger partial charge in [-0.05, 0) is 36.2 Å². The summed E-state index contributed by atoms with van der Waals surface area (Å²) in [5.41, 5.74) is 5.49. The maximum Gasteiger partial charge on any atom is 0.0589 e. The van der Waals surface area contributed by atoms with E-state index in [0.717, 1.165) is 45.8 Å². The molecule has 1 aromatic heterocycles. The van der Waals surface area contributed by atoms with Crippen LogP contribution in [0.1, 0.15) is 22.4 Å². The summed E-state index contributed by atoms with van der Waals surface area (Å²) in [6.07, 6.45) is 3.05. The monoisotopic (exact) mass is 325 g/mol. The highest BCUT2D eigenvalue weighted by Crippen LogP contribution is 2.23. The lowest BCUT2D eigenvalue weighted by Crippen LogP contribution is -2.32. The lowest BCUT2D eigenvalue weighted by molar-refractivity contribution is 0.157. The molecule has 2 heterocycles. The van der Waals surface area contributed by atoms with Crippen molar-refractivity contribution in [3.05, 3.63) is 65.0 Å². The van der Waals surface area contributed by atoms with Crippen molar-refractivity contribution in [2.45, 2.75) is 26.1 Å². The van der Waals surface area contributed by atoms with Gasteiger partial charge in [0.05, 0.1) is 12.3 Å². The van der Waals surface area contributed by atoms with Gasteiger partial charge >= 0.3 is 0 Å². The first-order valence-corrected chi connectivity index (χ1v) is 8.65. The highest BCUT2D eigenvalue weighted by molar-refractivity contribution is 5.32. The van der Waals surface area contributed by atoms with Gasteiger partial charge in [-0.15, -0.1) is 0 Å². The lowest BCUT2D eigenvalue weighted by Gasteiger charge is -2.30. The van der Waals surface area contributed by atoms with Crippen LogP contribution in [0.25, 0.3) is 0 Å². The van der Waals surface area contributed by atoms with E-state index in [9.17, 15) is 0 Å². The van der Waals surface area contributed by atoms with Crippen molar-refractivity contribution in [2.24, 2.45) is 0 Å². The molecule has 24 heavy (non-hydrogen) atoms. The van der Waals surface area contributed by atoms with E-state index in [-0.39, 0.29) is 0 Å². The fourth-order valence-corrected chi connectivity index (χ4v) is 3.32. The van der Waals surface area contributed by atoms with Crippen molar-refractivity contribution in [2.75, 3.05) is 33.9 Å². The zero-order valence-electron chi connectivity index (χ0n) is 14.7. The number of methoxy groups -OCH3 is 1. The molecule has 0 N–H and O–H groups in total. The van der Waals surface area contributed by atoms with E-state index >= 15 is 0 Å². The molecule has 4 nitrogen and oxygen atoms in total. The molecule has 2 aromatic rings. The van der Waals surface area contributed by atoms with Crippen molar-refractivity contribution < 1.29 is 4.74 Å². The first-order valence-electron chi connectivity index (χ1n) is 8.65. The van der Waals surface area contributed by atoms with Crippen LogP contribution in [0, 0.1) is 0 Å². The smallest absolute Gasteiger partial charge is 0.0589 e. The van der Waals surface area contributed by atoms with E-state index in [0.29, 0.717) is 0 Å². The molecule has 0 radical (unpaired) electrons. The second-order valence-corrected chi connectivity index (χ2v) is 6.57. The Morgan fingerprint density at radius 1 is 1.21 bits per heavy atom. The third kappa shape index (κ3) is 4.41. The van der Waals surface area contributed by atoms with Crippen LogP contribution < -0.4 is 0 Å². The molecular formula is C20H27N3O. The third-order valence-corrected chi connectivity index (χ3v) is 4.66. The number of rotatable bonds is 7. The topological polar surface area (TPSA) is 28.6 Å². The van der Waals surface area contributed by atoms with Crippen molar-refractivity contribution >= 4 is 0 Å². The molecule has 0 saturated carbocycles. The Balaban J connectivity index is 1.66. The van der Waals surface area contributed by atoms with E-state index in [1.54, 1.807) is 7.11 Å². The first-order chi connectivity index (χ1) is 11.8. The van der Waals surface area contributed by atoms with Gasteiger partial charge in [0.2, 0.25) is 0 Å². The molecule has 4 heteroatoms. The molecule has 0 spiro atoms. The molecule has 128 valence electrons. The number of likely N-dealkylation sites (N-methyl/N-ethyl adjacent to an activating group) is 1. The SMILES string of the molecule is COCCN(C)Cc1nccc2c1CCN(Cc1ccccc1)C2. The minimum absolute atomic E-state index is 0.760. The van der Waals surface area contributed by atoms with Crippen molar-refractivity contribution in [1.82, 2.24) is 14.8 Å². The Morgan fingerprint density at radius 3 is 2.83 bits per heavy atom. The molecule has 1 aromatic carbocycles. The Labute approximate surface area is 145 Å². The number of nitrogens with zero attached hydrogens (tertiary/aromatic N) is 3. The van der Waals surface area contributed by atoms with Crippen molar-refractivity contribution in [3.63, 3.8) is 0 Å². The quantitative estimate of drug-likeness (QED) is 0.783. The summed E-state index contributed by atoms with van der Waals surface area (Å²) in [7, 11) is 3.88. The number of ether oxygens (including phenoxy) is 1. The maximum absolute atomic E-state index is 5.16. The highest BCUT2D eigenvalue weighted by atomic mass is 16.5. The van der Waals surface area contributed by atoms with Crippen LogP contribution in [0.5, 0.6) is 0 Å². The minimum Gasteiger partial charge on any atom is -0.383 e. The number of hydrogen-bond donors (Lipinski definition) is 0. The molecule has 0 saturated heterocycles. The van der Waals surface area contributed by atoms with Gasteiger partial charge < -0.3 is 4.74 Å². The van der Waals surface area contributed by atoms with Gasteiger partial charge in [0, 0.05) is 46.0 Å². The Hall–Kier alpha value is -1.75. The van der Waals surface area contributed by atoms with Crippen LogP contribution in [0.15, 0.2) is 42.6 Å². The van der Waals surface area contributed by atoms with E-state index in [4.69, 9.17) is 4.74 Å². The summed E-state index contributed by atoms with van der Waals surface area (Å²) < 4.78 is 5.16. The second-order valence-electron chi connectivity index (χ2n) is 6.57. The van der Waals surface area contributed by atoms with Crippen LogP contribution in [-0.2, 0) is 30.8 Å². The average Bonchev–Trinajstić information content (AvgIpc) is 2.61. The van der Waals surface area contributed by atoms with Gasteiger partial charge in [0.15, 0.2) is 0 Å². The predicted octanol–water partition coefficient (Wildman–Crippen LogP) is 2.72. The van der Waals surface area contributed by atoms with Gasteiger partial charge in [-0.2, -0.15) is 0 Å². The minimum atomic E-state index is 0.760. The Kier molecular flexibility index (Phi) is 5.96. The molecular weight excluding hydrogens is 298 g/mol. The predicted molar refractivity (Wildman–Crippen MR) is 96.7 cm³/mol. The standard InChI is InChI=1S/C20H27N3O/c1-22(12-13-24-2)16-20-19-9-11-23(15-18(19)8-10-21-20)14-17-6-4-3-5-7-17/h3-8,10H,9,11-16H2,1-2H3. The molecule has 1 aliphatic heterocycles. The molecule has 0 bridgehead atoms. The van der Waals surface area contributed by atoms with E-state index < -0.39 is 0 Å². The number of benzene rings is 1. The number of pyridine rings is 1. The zero-order valence-corrected chi connectivity index (χ0v) is 14.7. The van der Waals surface area contributed by atoms with Crippen LogP contribution >= 0.6 is 0 Å². The Morgan fingerprint density at radius 2 is 2.04 bits per heavy atom. The molecule has 1 aliphatic rings. The fourth-order valence-electron chi connectivity index (χ4n) is 3.32. The summed E-state index contributed by atoms with van der Waals surface area (Å²) in [5, 5.41) is 0.